The maximum absolute atomic E-state index is 6.05. The first kappa shape index (κ1) is 13.8. The van der Waals surface area contributed by atoms with Crippen LogP contribution < -0.4 is 5.73 Å². The van der Waals surface area contributed by atoms with Gasteiger partial charge in [-0.3, -0.25) is 4.90 Å². The highest BCUT2D eigenvalue weighted by Gasteiger charge is 2.43. The fourth-order valence-electron chi connectivity index (χ4n) is 4.31. The maximum Gasteiger partial charge on any atom is 0.0951 e. The van der Waals surface area contributed by atoms with E-state index in [1.165, 1.54) is 19.3 Å². The summed E-state index contributed by atoms with van der Waals surface area (Å²) in [5.74, 6) is 0.698. The predicted molar refractivity (Wildman–Crippen MR) is 75.1 cm³/mol. The van der Waals surface area contributed by atoms with E-state index < -0.39 is 0 Å². The van der Waals surface area contributed by atoms with Crippen molar-refractivity contribution in [3.63, 3.8) is 0 Å². The molecule has 0 aromatic carbocycles. The molecule has 4 unspecified atom stereocenters. The van der Waals surface area contributed by atoms with Crippen molar-refractivity contribution in [2.45, 2.75) is 56.2 Å². The van der Waals surface area contributed by atoms with Crippen LogP contribution in [0.3, 0.4) is 0 Å². The zero-order chi connectivity index (χ0) is 13.3. The van der Waals surface area contributed by atoms with Crippen molar-refractivity contribution in [3.05, 3.63) is 0 Å². The zero-order valence-electron chi connectivity index (χ0n) is 12.1. The summed E-state index contributed by atoms with van der Waals surface area (Å²) in [7, 11) is 2.30. The zero-order valence-corrected chi connectivity index (χ0v) is 12.1. The van der Waals surface area contributed by atoms with Gasteiger partial charge in [-0.1, -0.05) is 6.42 Å². The van der Waals surface area contributed by atoms with Gasteiger partial charge in [-0.15, -0.1) is 0 Å². The quantitative estimate of drug-likeness (QED) is 0.840. The van der Waals surface area contributed by atoms with Crippen molar-refractivity contribution >= 4 is 0 Å². The Morgan fingerprint density at radius 3 is 2.89 bits per heavy atom. The van der Waals surface area contributed by atoms with E-state index in [1.54, 1.807) is 0 Å². The molecule has 2 saturated heterocycles. The highest BCUT2D eigenvalue weighted by atomic mass is 16.6. The summed E-state index contributed by atoms with van der Waals surface area (Å²) >= 11 is 0. The Bertz CT molecular complexity index is 305. The largest absolute Gasteiger partial charge is 0.378 e. The van der Waals surface area contributed by atoms with Crippen LogP contribution in [0.1, 0.15) is 38.5 Å². The SMILES string of the molecule is CN(C1CCOC2(CCOC2)C1)C1CCCC1CN. The third-order valence-electron chi connectivity index (χ3n) is 5.55. The Morgan fingerprint density at radius 2 is 2.16 bits per heavy atom. The molecule has 2 heterocycles. The molecule has 0 aromatic heterocycles. The molecule has 0 bridgehead atoms. The first-order valence-electron chi connectivity index (χ1n) is 7.88. The van der Waals surface area contributed by atoms with Crippen LogP contribution in [0.2, 0.25) is 0 Å². The van der Waals surface area contributed by atoms with Gasteiger partial charge in [-0.2, -0.15) is 0 Å². The van der Waals surface area contributed by atoms with Crippen LogP contribution in [0.15, 0.2) is 0 Å². The summed E-state index contributed by atoms with van der Waals surface area (Å²) in [6.45, 7) is 3.39. The van der Waals surface area contributed by atoms with Crippen LogP contribution in [-0.4, -0.2) is 56.0 Å². The second-order valence-electron chi connectivity index (χ2n) is 6.64. The van der Waals surface area contributed by atoms with Gasteiger partial charge in [0.15, 0.2) is 0 Å². The van der Waals surface area contributed by atoms with Gasteiger partial charge < -0.3 is 15.2 Å². The summed E-state index contributed by atoms with van der Waals surface area (Å²) in [5.41, 5.74) is 5.96. The van der Waals surface area contributed by atoms with Crippen LogP contribution in [0.4, 0.5) is 0 Å². The minimum Gasteiger partial charge on any atom is -0.378 e. The highest BCUT2D eigenvalue weighted by Crippen LogP contribution is 2.37. The van der Waals surface area contributed by atoms with Gasteiger partial charge in [0.2, 0.25) is 0 Å². The maximum atomic E-state index is 6.05. The van der Waals surface area contributed by atoms with Gasteiger partial charge in [0.25, 0.3) is 0 Å². The molecule has 3 aliphatic rings. The summed E-state index contributed by atoms with van der Waals surface area (Å²) in [6, 6.07) is 1.33. The van der Waals surface area contributed by atoms with E-state index in [0.29, 0.717) is 18.0 Å². The number of hydrogen-bond acceptors (Lipinski definition) is 4. The smallest absolute Gasteiger partial charge is 0.0951 e. The summed E-state index contributed by atoms with van der Waals surface area (Å²) in [6.07, 6.45) is 7.34. The fourth-order valence-corrected chi connectivity index (χ4v) is 4.31. The van der Waals surface area contributed by atoms with Crippen LogP contribution in [0.25, 0.3) is 0 Å². The molecule has 1 saturated carbocycles. The van der Waals surface area contributed by atoms with Crippen LogP contribution in [-0.2, 0) is 9.47 Å². The second kappa shape index (κ2) is 5.68. The molecule has 1 spiro atoms. The van der Waals surface area contributed by atoms with E-state index in [-0.39, 0.29) is 5.60 Å². The molecule has 4 heteroatoms. The average Bonchev–Trinajstić information content (AvgIpc) is 3.07. The van der Waals surface area contributed by atoms with Gasteiger partial charge >= 0.3 is 0 Å². The summed E-state index contributed by atoms with van der Waals surface area (Å²) < 4.78 is 11.6. The third-order valence-corrected chi connectivity index (χ3v) is 5.55. The van der Waals surface area contributed by atoms with Crippen LogP contribution in [0.5, 0.6) is 0 Å². The predicted octanol–water partition coefficient (Wildman–Crippen LogP) is 1.38. The van der Waals surface area contributed by atoms with Crippen LogP contribution in [0, 0.1) is 5.92 Å². The van der Waals surface area contributed by atoms with Crippen molar-refractivity contribution in [1.82, 2.24) is 4.90 Å². The molecular formula is C15H28N2O2. The number of rotatable bonds is 3. The van der Waals surface area contributed by atoms with Gasteiger partial charge in [0, 0.05) is 31.7 Å². The van der Waals surface area contributed by atoms with Gasteiger partial charge in [-0.25, -0.2) is 0 Å². The van der Waals surface area contributed by atoms with E-state index >= 15 is 0 Å². The molecule has 1 aliphatic carbocycles. The van der Waals surface area contributed by atoms with E-state index in [0.717, 1.165) is 45.6 Å². The lowest BCUT2D eigenvalue weighted by Gasteiger charge is -2.44. The standard InChI is InChI=1S/C15H28N2O2/c1-17(14-4-2-3-12(14)10-16)13-5-7-19-15(9-13)6-8-18-11-15/h12-14H,2-11,16H2,1H3. The molecule has 4 atom stereocenters. The van der Waals surface area contributed by atoms with E-state index in [2.05, 4.69) is 11.9 Å². The summed E-state index contributed by atoms with van der Waals surface area (Å²) in [5, 5.41) is 0. The number of nitrogens with zero attached hydrogens (tertiary/aromatic N) is 1. The number of hydrogen-bond donors (Lipinski definition) is 1. The highest BCUT2D eigenvalue weighted by molar-refractivity contribution is 4.96. The molecule has 0 amide bonds. The Balaban J connectivity index is 1.64. The lowest BCUT2D eigenvalue weighted by Crippen LogP contribution is -2.52. The molecule has 2 aliphatic heterocycles. The molecule has 4 nitrogen and oxygen atoms in total. The molecule has 3 rings (SSSR count). The van der Waals surface area contributed by atoms with E-state index in [1.807, 2.05) is 0 Å². The van der Waals surface area contributed by atoms with Crippen molar-refractivity contribution < 1.29 is 9.47 Å². The minimum atomic E-state index is 0.0218. The second-order valence-corrected chi connectivity index (χ2v) is 6.64. The average molecular weight is 268 g/mol. The normalized spacial score (nSPS) is 43.4. The number of ether oxygens (including phenoxy) is 2. The monoisotopic (exact) mass is 268 g/mol. The Hall–Kier alpha value is -0.160. The molecule has 110 valence electrons. The van der Waals surface area contributed by atoms with Crippen molar-refractivity contribution in [2.24, 2.45) is 11.7 Å². The van der Waals surface area contributed by atoms with Gasteiger partial charge in [-0.05, 0) is 45.2 Å². The molecular weight excluding hydrogens is 240 g/mol. The molecule has 0 aromatic rings. The Morgan fingerprint density at radius 1 is 1.26 bits per heavy atom. The first-order valence-corrected chi connectivity index (χ1v) is 7.88. The first-order chi connectivity index (χ1) is 9.24. The number of nitrogens with two attached hydrogens (primary N) is 1. The van der Waals surface area contributed by atoms with Crippen LogP contribution >= 0.6 is 0 Å². The molecule has 19 heavy (non-hydrogen) atoms. The summed E-state index contributed by atoms with van der Waals surface area (Å²) in [4.78, 5) is 2.62. The Labute approximate surface area is 116 Å². The Kier molecular flexibility index (Phi) is 4.13. The van der Waals surface area contributed by atoms with E-state index in [9.17, 15) is 0 Å². The van der Waals surface area contributed by atoms with Crippen molar-refractivity contribution in [1.29, 1.82) is 0 Å². The van der Waals surface area contributed by atoms with E-state index in [4.69, 9.17) is 15.2 Å². The van der Waals surface area contributed by atoms with Gasteiger partial charge in [0.1, 0.15) is 0 Å². The minimum absolute atomic E-state index is 0.0218. The molecule has 2 N–H and O–H groups in total. The topological polar surface area (TPSA) is 47.7 Å². The lowest BCUT2D eigenvalue weighted by atomic mass is 9.87. The van der Waals surface area contributed by atoms with Gasteiger partial charge in [0.05, 0.1) is 12.2 Å². The lowest BCUT2D eigenvalue weighted by molar-refractivity contribution is -0.109. The third kappa shape index (κ3) is 2.68. The fraction of sp³-hybridized carbons (Fsp3) is 1.00. The van der Waals surface area contributed by atoms with Crippen molar-refractivity contribution in [3.8, 4) is 0 Å². The van der Waals surface area contributed by atoms with Crippen molar-refractivity contribution in [2.75, 3.05) is 33.4 Å². The molecule has 3 fully saturated rings. The molecule has 0 radical (unpaired) electrons.